The fourth-order valence-corrected chi connectivity index (χ4v) is 3.05. The first-order chi connectivity index (χ1) is 9.92. The number of hydrogen-bond acceptors (Lipinski definition) is 3. The van der Waals surface area contributed by atoms with Gasteiger partial charge >= 0.3 is 0 Å². The molecule has 0 radical (unpaired) electrons. The highest BCUT2D eigenvalue weighted by Gasteiger charge is 2.15. The largest absolute Gasteiger partial charge is 0.392 e. The molecule has 4 nitrogen and oxygen atoms in total. The van der Waals surface area contributed by atoms with Crippen LogP contribution >= 0.6 is 11.6 Å². The van der Waals surface area contributed by atoms with Crippen LogP contribution in [-0.4, -0.2) is 13.5 Å². The Hall–Kier alpha value is -1.40. The second kappa shape index (κ2) is 6.58. The number of hydrogen-bond donors (Lipinski definition) is 2. The standard InChI is InChI=1S/C15H16ClNO3S/c1-11-2-4-12(5-3-11)9-17-21(19,20)14-6-7-15(16)13(8-14)10-18/h2-8,17-18H,9-10H2,1H3. The highest BCUT2D eigenvalue weighted by Crippen LogP contribution is 2.20. The summed E-state index contributed by atoms with van der Waals surface area (Å²) in [5.41, 5.74) is 2.38. The molecule has 2 N–H and O–H groups in total. The molecule has 0 unspecified atom stereocenters. The van der Waals surface area contributed by atoms with Crippen molar-refractivity contribution in [2.75, 3.05) is 0 Å². The third-order valence-electron chi connectivity index (χ3n) is 3.08. The van der Waals surface area contributed by atoms with Gasteiger partial charge in [-0.3, -0.25) is 0 Å². The SMILES string of the molecule is Cc1ccc(CNS(=O)(=O)c2ccc(Cl)c(CO)c2)cc1. The number of benzene rings is 2. The number of aryl methyl sites for hydroxylation is 1. The number of aliphatic hydroxyl groups is 1. The van der Waals surface area contributed by atoms with Crippen LogP contribution in [0.3, 0.4) is 0 Å². The van der Waals surface area contributed by atoms with Gasteiger partial charge in [0.15, 0.2) is 0 Å². The maximum absolute atomic E-state index is 12.2. The molecule has 2 aromatic rings. The van der Waals surface area contributed by atoms with Crippen molar-refractivity contribution >= 4 is 21.6 Å². The van der Waals surface area contributed by atoms with Crippen LogP contribution in [0.15, 0.2) is 47.4 Å². The minimum absolute atomic E-state index is 0.0862. The summed E-state index contributed by atoms with van der Waals surface area (Å²) in [6.07, 6.45) is 0. The van der Waals surface area contributed by atoms with E-state index in [1.165, 1.54) is 18.2 Å². The molecule has 2 rings (SSSR count). The molecule has 0 aromatic heterocycles. The van der Waals surface area contributed by atoms with Crippen LogP contribution in [0.25, 0.3) is 0 Å². The molecule has 0 aliphatic carbocycles. The highest BCUT2D eigenvalue weighted by molar-refractivity contribution is 7.89. The highest BCUT2D eigenvalue weighted by atomic mass is 35.5. The van der Waals surface area contributed by atoms with E-state index in [1.54, 1.807) is 0 Å². The molecule has 0 spiro atoms. The Balaban J connectivity index is 2.16. The molecule has 0 aliphatic heterocycles. The van der Waals surface area contributed by atoms with Crippen LogP contribution < -0.4 is 4.72 Å². The number of sulfonamides is 1. The third-order valence-corrected chi connectivity index (χ3v) is 4.85. The summed E-state index contributed by atoms with van der Waals surface area (Å²) >= 11 is 5.86. The zero-order chi connectivity index (χ0) is 15.5. The first kappa shape index (κ1) is 16.0. The van der Waals surface area contributed by atoms with Crippen LogP contribution in [0.5, 0.6) is 0 Å². The van der Waals surface area contributed by atoms with Gasteiger partial charge in [0.1, 0.15) is 0 Å². The van der Waals surface area contributed by atoms with E-state index in [-0.39, 0.29) is 18.0 Å². The molecular weight excluding hydrogens is 310 g/mol. The van der Waals surface area contributed by atoms with Gasteiger partial charge in [0, 0.05) is 11.6 Å². The van der Waals surface area contributed by atoms with E-state index in [9.17, 15) is 8.42 Å². The minimum atomic E-state index is -3.64. The molecule has 2 aromatic carbocycles. The Morgan fingerprint density at radius 3 is 2.43 bits per heavy atom. The van der Waals surface area contributed by atoms with E-state index < -0.39 is 10.0 Å². The summed E-state index contributed by atoms with van der Waals surface area (Å²) < 4.78 is 27.0. The summed E-state index contributed by atoms with van der Waals surface area (Å²) in [5.74, 6) is 0. The fraction of sp³-hybridized carbons (Fsp3) is 0.200. The Bertz CT molecular complexity index is 727. The molecule has 0 saturated carbocycles. The normalized spacial score (nSPS) is 11.6. The molecule has 6 heteroatoms. The molecule has 0 saturated heterocycles. The third kappa shape index (κ3) is 4.04. The quantitative estimate of drug-likeness (QED) is 0.888. The molecule has 0 fully saturated rings. The van der Waals surface area contributed by atoms with Crippen LogP contribution in [-0.2, 0) is 23.2 Å². The molecule has 0 amide bonds. The lowest BCUT2D eigenvalue weighted by molar-refractivity contribution is 0.281. The molecule has 112 valence electrons. The van der Waals surface area contributed by atoms with Gasteiger partial charge in [-0.1, -0.05) is 41.4 Å². The van der Waals surface area contributed by atoms with Crippen LogP contribution in [0.4, 0.5) is 0 Å². The number of halogens is 1. The average molecular weight is 326 g/mol. The Morgan fingerprint density at radius 2 is 1.81 bits per heavy atom. The monoisotopic (exact) mass is 325 g/mol. The summed E-state index contributed by atoms with van der Waals surface area (Å²) in [4.78, 5) is 0.0862. The van der Waals surface area contributed by atoms with E-state index in [0.717, 1.165) is 11.1 Å². The maximum Gasteiger partial charge on any atom is 0.240 e. The minimum Gasteiger partial charge on any atom is -0.392 e. The van der Waals surface area contributed by atoms with E-state index in [2.05, 4.69) is 4.72 Å². The van der Waals surface area contributed by atoms with E-state index >= 15 is 0 Å². The zero-order valence-electron chi connectivity index (χ0n) is 11.5. The van der Waals surface area contributed by atoms with Crippen molar-refractivity contribution in [3.05, 3.63) is 64.2 Å². The van der Waals surface area contributed by atoms with Crippen molar-refractivity contribution < 1.29 is 13.5 Å². The number of rotatable bonds is 5. The lowest BCUT2D eigenvalue weighted by Gasteiger charge is -2.09. The van der Waals surface area contributed by atoms with Gasteiger partial charge in [0.05, 0.1) is 11.5 Å². The van der Waals surface area contributed by atoms with Gasteiger partial charge in [-0.25, -0.2) is 13.1 Å². The summed E-state index contributed by atoms with van der Waals surface area (Å²) in [6, 6.07) is 11.9. The van der Waals surface area contributed by atoms with Crippen LogP contribution in [0.1, 0.15) is 16.7 Å². The molecule has 0 bridgehead atoms. The lowest BCUT2D eigenvalue weighted by Crippen LogP contribution is -2.23. The second-order valence-corrected chi connectivity index (χ2v) is 6.90. The predicted molar refractivity (Wildman–Crippen MR) is 82.6 cm³/mol. The van der Waals surface area contributed by atoms with Crippen LogP contribution in [0.2, 0.25) is 5.02 Å². The smallest absolute Gasteiger partial charge is 0.240 e. The predicted octanol–water partition coefficient (Wildman–Crippen LogP) is 2.62. The summed E-state index contributed by atoms with van der Waals surface area (Å²) in [5, 5.41) is 9.49. The van der Waals surface area contributed by atoms with Crippen molar-refractivity contribution in [2.45, 2.75) is 25.0 Å². The average Bonchev–Trinajstić information content (AvgIpc) is 2.47. The fourth-order valence-electron chi connectivity index (χ4n) is 1.81. The Morgan fingerprint density at radius 1 is 1.14 bits per heavy atom. The van der Waals surface area contributed by atoms with Crippen molar-refractivity contribution in [3.8, 4) is 0 Å². The van der Waals surface area contributed by atoms with Gasteiger partial charge in [0.2, 0.25) is 10.0 Å². The van der Waals surface area contributed by atoms with Gasteiger partial charge in [-0.2, -0.15) is 0 Å². The van der Waals surface area contributed by atoms with E-state index in [1.807, 2.05) is 31.2 Å². The van der Waals surface area contributed by atoms with Gasteiger partial charge in [-0.15, -0.1) is 0 Å². The number of aliphatic hydroxyl groups excluding tert-OH is 1. The van der Waals surface area contributed by atoms with Crippen molar-refractivity contribution in [1.29, 1.82) is 0 Å². The summed E-state index contributed by atoms with van der Waals surface area (Å²) in [6.45, 7) is 1.87. The first-order valence-electron chi connectivity index (χ1n) is 6.37. The van der Waals surface area contributed by atoms with E-state index in [0.29, 0.717) is 10.6 Å². The van der Waals surface area contributed by atoms with Crippen molar-refractivity contribution in [2.24, 2.45) is 0 Å². The van der Waals surface area contributed by atoms with Gasteiger partial charge < -0.3 is 5.11 Å². The van der Waals surface area contributed by atoms with Crippen molar-refractivity contribution in [3.63, 3.8) is 0 Å². The van der Waals surface area contributed by atoms with Crippen molar-refractivity contribution in [1.82, 2.24) is 4.72 Å². The molecule has 0 atom stereocenters. The molecule has 0 aliphatic rings. The van der Waals surface area contributed by atoms with Gasteiger partial charge in [0.25, 0.3) is 0 Å². The first-order valence-corrected chi connectivity index (χ1v) is 8.23. The zero-order valence-corrected chi connectivity index (χ0v) is 13.1. The van der Waals surface area contributed by atoms with E-state index in [4.69, 9.17) is 16.7 Å². The lowest BCUT2D eigenvalue weighted by atomic mass is 10.2. The topological polar surface area (TPSA) is 66.4 Å². The Labute approximate surface area is 129 Å². The second-order valence-electron chi connectivity index (χ2n) is 4.72. The van der Waals surface area contributed by atoms with Crippen LogP contribution in [0, 0.1) is 6.92 Å². The van der Waals surface area contributed by atoms with Gasteiger partial charge in [-0.05, 0) is 36.2 Å². The summed E-state index contributed by atoms with van der Waals surface area (Å²) in [7, 11) is -3.64. The molecule has 0 heterocycles. The molecule has 21 heavy (non-hydrogen) atoms. The maximum atomic E-state index is 12.2. The number of nitrogens with one attached hydrogen (secondary N) is 1. The Kier molecular flexibility index (Phi) is 5.00. The molecular formula is C15H16ClNO3S.